The van der Waals surface area contributed by atoms with Crippen molar-refractivity contribution < 1.29 is 14.4 Å². The average Bonchev–Trinajstić information content (AvgIpc) is 2.98. The largest absolute Gasteiger partial charge is 0.397 e. The van der Waals surface area contributed by atoms with Gasteiger partial charge in [-0.2, -0.15) is 0 Å². The molecule has 1 fully saturated rings. The number of unbranched alkanes of at least 4 members (excludes halogenated alkanes) is 1. The number of morpholine rings is 1. The second-order valence-electron chi connectivity index (χ2n) is 9.90. The minimum atomic E-state index is 0.0571. The molecule has 1 saturated heterocycles. The van der Waals surface area contributed by atoms with Crippen LogP contribution >= 0.6 is 0 Å². The van der Waals surface area contributed by atoms with Gasteiger partial charge in [-0.25, -0.2) is 4.98 Å². The molecule has 0 saturated carbocycles. The number of amides is 1. The van der Waals surface area contributed by atoms with Crippen molar-refractivity contribution in [3.05, 3.63) is 87.1 Å². The monoisotopic (exact) mass is 545 g/mol. The Morgan fingerprint density at radius 2 is 1.88 bits per heavy atom. The normalized spacial score (nSPS) is 14.2. The summed E-state index contributed by atoms with van der Waals surface area (Å²) in [4.78, 5) is 37.1. The Morgan fingerprint density at radius 1 is 1.12 bits per heavy atom. The molecule has 0 bridgehead atoms. The van der Waals surface area contributed by atoms with Crippen molar-refractivity contribution in [3.8, 4) is 11.1 Å². The summed E-state index contributed by atoms with van der Waals surface area (Å²) in [5, 5.41) is 6.58. The second-order valence-corrected chi connectivity index (χ2v) is 9.90. The lowest BCUT2D eigenvalue weighted by Gasteiger charge is -2.27. The van der Waals surface area contributed by atoms with E-state index in [4.69, 9.17) is 14.6 Å². The van der Waals surface area contributed by atoms with E-state index < -0.39 is 0 Å². The average molecular weight is 546 g/mol. The van der Waals surface area contributed by atoms with Gasteiger partial charge in [0.1, 0.15) is 12.9 Å². The first kappa shape index (κ1) is 29.2. The van der Waals surface area contributed by atoms with Gasteiger partial charge >= 0.3 is 0 Å². The van der Waals surface area contributed by atoms with E-state index in [1.165, 1.54) is 7.11 Å². The van der Waals surface area contributed by atoms with Gasteiger partial charge in [-0.05, 0) is 36.5 Å². The van der Waals surface area contributed by atoms with Gasteiger partial charge in [-0.1, -0.05) is 67.0 Å². The van der Waals surface area contributed by atoms with Crippen LogP contribution in [0, 0.1) is 6.92 Å². The summed E-state index contributed by atoms with van der Waals surface area (Å²) in [5.41, 5.74) is 5.40. The van der Waals surface area contributed by atoms with E-state index in [2.05, 4.69) is 22.3 Å². The van der Waals surface area contributed by atoms with Crippen molar-refractivity contribution in [1.82, 2.24) is 19.8 Å². The van der Waals surface area contributed by atoms with Crippen LogP contribution in [0.4, 0.5) is 0 Å². The standard InChI is InChI=1S/C31H39N5O4/c1-4-5-10-29-28(31(38)36(23(2)33-29)16-15-35-17-19-40-20-18-35)21-24-11-13-25(14-12-24)26-8-6-7-9-27(26)30(32-22-37)34-39-3/h6-9,11-14,22H,4-5,10,15-21H2,1-3H3,(H,32,34,37). The number of ether oxygens (including phenoxy) is 1. The third kappa shape index (κ3) is 7.22. The zero-order valence-corrected chi connectivity index (χ0v) is 23.7. The van der Waals surface area contributed by atoms with Crippen molar-refractivity contribution in [2.45, 2.75) is 46.1 Å². The molecule has 0 unspecified atom stereocenters. The lowest BCUT2D eigenvalue weighted by molar-refractivity contribution is -0.108. The molecule has 1 aliphatic heterocycles. The summed E-state index contributed by atoms with van der Waals surface area (Å²) in [7, 11) is 1.44. The van der Waals surface area contributed by atoms with E-state index in [1.807, 2.05) is 60.0 Å². The summed E-state index contributed by atoms with van der Waals surface area (Å²) in [5.74, 6) is 1.11. The quantitative estimate of drug-likeness (QED) is 0.162. The van der Waals surface area contributed by atoms with Gasteiger partial charge in [0.15, 0.2) is 5.84 Å². The maximum Gasteiger partial charge on any atom is 0.257 e. The Labute approximate surface area is 235 Å². The molecule has 0 spiro atoms. The fraction of sp³-hybridized carbons (Fsp3) is 0.419. The number of aromatic nitrogens is 2. The smallest absolute Gasteiger partial charge is 0.257 e. The molecule has 4 rings (SSSR count). The molecule has 1 aromatic heterocycles. The number of nitrogens with one attached hydrogen (secondary N) is 1. The van der Waals surface area contributed by atoms with Crippen molar-refractivity contribution in [2.75, 3.05) is 40.0 Å². The number of carbonyl (C=O) groups excluding carboxylic acids is 1. The van der Waals surface area contributed by atoms with Gasteiger partial charge in [-0.3, -0.25) is 19.1 Å². The number of benzene rings is 2. The highest BCUT2D eigenvalue weighted by Crippen LogP contribution is 2.25. The van der Waals surface area contributed by atoms with E-state index in [0.717, 1.165) is 91.4 Å². The molecule has 2 heterocycles. The number of hydrogen-bond donors (Lipinski definition) is 1. The summed E-state index contributed by atoms with van der Waals surface area (Å²) >= 11 is 0. The molecule has 9 heteroatoms. The Morgan fingerprint density at radius 3 is 2.58 bits per heavy atom. The molecule has 212 valence electrons. The summed E-state index contributed by atoms with van der Waals surface area (Å²) in [6, 6.07) is 15.8. The van der Waals surface area contributed by atoms with Crippen molar-refractivity contribution in [3.63, 3.8) is 0 Å². The number of aryl methyl sites for hydroxylation is 2. The number of amidine groups is 1. The maximum atomic E-state index is 13.8. The predicted octanol–water partition coefficient (Wildman–Crippen LogP) is 3.54. The Balaban J connectivity index is 1.61. The van der Waals surface area contributed by atoms with E-state index >= 15 is 0 Å². The molecule has 40 heavy (non-hydrogen) atoms. The minimum absolute atomic E-state index is 0.0571. The Kier molecular flexibility index (Phi) is 10.6. The number of nitrogens with zero attached hydrogens (tertiary/aromatic N) is 4. The zero-order chi connectivity index (χ0) is 28.3. The fourth-order valence-electron chi connectivity index (χ4n) is 5.06. The van der Waals surface area contributed by atoms with Crippen LogP contribution < -0.4 is 10.9 Å². The zero-order valence-electron chi connectivity index (χ0n) is 23.7. The molecular formula is C31H39N5O4. The van der Waals surface area contributed by atoms with Crippen LogP contribution in [0.15, 0.2) is 58.5 Å². The van der Waals surface area contributed by atoms with E-state index in [9.17, 15) is 9.59 Å². The van der Waals surface area contributed by atoms with Gasteiger partial charge in [-0.15, -0.1) is 0 Å². The van der Waals surface area contributed by atoms with Gasteiger partial charge in [0.05, 0.1) is 18.9 Å². The van der Waals surface area contributed by atoms with Crippen LogP contribution in [0.3, 0.4) is 0 Å². The summed E-state index contributed by atoms with van der Waals surface area (Å²) in [6.45, 7) is 8.77. The lowest BCUT2D eigenvalue weighted by Crippen LogP contribution is -2.40. The van der Waals surface area contributed by atoms with Gasteiger partial charge < -0.3 is 14.9 Å². The first-order valence-electron chi connectivity index (χ1n) is 13.9. The number of carbonyl (C=O) groups is 1. The third-order valence-electron chi connectivity index (χ3n) is 7.26. The topological polar surface area (TPSA) is 98.1 Å². The van der Waals surface area contributed by atoms with Crippen LogP contribution in [0.5, 0.6) is 0 Å². The molecule has 0 atom stereocenters. The molecule has 0 radical (unpaired) electrons. The highest BCUT2D eigenvalue weighted by Gasteiger charge is 2.18. The summed E-state index contributed by atoms with van der Waals surface area (Å²) < 4.78 is 7.30. The lowest BCUT2D eigenvalue weighted by atomic mass is 9.96. The van der Waals surface area contributed by atoms with E-state index in [1.54, 1.807) is 0 Å². The molecule has 3 aromatic rings. The number of hydrogen-bond acceptors (Lipinski definition) is 7. The fourth-order valence-corrected chi connectivity index (χ4v) is 5.06. The molecule has 2 aromatic carbocycles. The van der Waals surface area contributed by atoms with Gasteiger partial charge in [0.2, 0.25) is 6.41 Å². The van der Waals surface area contributed by atoms with Gasteiger partial charge in [0.25, 0.3) is 5.56 Å². The molecule has 1 aliphatic rings. The molecule has 9 nitrogen and oxygen atoms in total. The molecule has 0 aliphatic carbocycles. The number of oxime groups is 1. The van der Waals surface area contributed by atoms with Crippen LogP contribution in [0.2, 0.25) is 0 Å². The molecule has 1 amide bonds. The maximum absolute atomic E-state index is 13.8. The second kappa shape index (κ2) is 14.5. The van der Waals surface area contributed by atoms with Crippen molar-refractivity contribution in [2.24, 2.45) is 5.16 Å². The Bertz CT molecular complexity index is 1360. The summed E-state index contributed by atoms with van der Waals surface area (Å²) in [6.07, 6.45) is 3.93. The molecule has 1 N–H and O–H groups in total. The Hall–Kier alpha value is -3.82. The van der Waals surface area contributed by atoms with E-state index in [-0.39, 0.29) is 5.56 Å². The number of rotatable bonds is 12. The third-order valence-corrected chi connectivity index (χ3v) is 7.26. The van der Waals surface area contributed by atoms with Crippen LogP contribution in [-0.2, 0) is 33.8 Å². The highest BCUT2D eigenvalue weighted by molar-refractivity contribution is 6.08. The van der Waals surface area contributed by atoms with Crippen LogP contribution in [0.25, 0.3) is 11.1 Å². The highest BCUT2D eigenvalue weighted by atomic mass is 16.6. The van der Waals surface area contributed by atoms with Crippen LogP contribution in [0.1, 0.15) is 48.0 Å². The first-order valence-corrected chi connectivity index (χ1v) is 13.9. The first-order chi connectivity index (χ1) is 19.5. The van der Waals surface area contributed by atoms with Gasteiger partial charge in [0, 0.05) is 43.7 Å². The predicted molar refractivity (Wildman–Crippen MR) is 157 cm³/mol. The SMILES string of the molecule is CCCCc1nc(C)n(CCN2CCOCC2)c(=O)c1Cc1ccc(-c2ccccc2/C(=N/OC)NC=O)cc1. The van der Waals surface area contributed by atoms with Crippen molar-refractivity contribution in [1.29, 1.82) is 0 Å². The van der Waals surface area contributed by atoms with E-state index in [0.29, 0.717) is 25.2 Å². The molecular weight excluding hydrogens is 506 g/mol. The minimum Gasteiger partial charge on any atom is -0.397 e. The van der Waals surface area contributed by atoms with Crippen LogP contribution in [-0.4, -0.2) is 66.7 Å². The van der Waals surface area contributed by atoms with Crippen molar-refractivity contribution >= 4 is 12.2 Å².